The first-order chi connectivity index (χ1) is 11.7. The molecule has 7 heteroatoms. The van der Waals surface area contributed by atoms with E-state index in [2.05, 4.69) is 39.9 Å². The van der Waals surface area contributed by atoms with Gasteiger partial charge in [-0.05, 0) is 35.8 Å². The van der Waals surface area contributed by atoms with Crippen LogP contribution in [0.4, 0.5) is 0 Å². The number of nitrogens with one attached hydrogen (secondary N) is 1. The molecule has 1 saturated carbocycles. The maximum atomic E-state index is 12.0. The molecule has 1 fully saturated rings. The van der Waals surface area contributed by atoms with Crippen molar-refractivity contribution in [3.05, 3.63) is 41.2 Å². The number of benzene rings is 1. The van der Waals surface area contributed by atoms with Gasteiger partial charge in [-0.25, -0.2) is 4.68 Å². The van der Waals surface area contributed by atoms with Gasteiger partial charge in [0.25, 0.3) is 0 Å². The van der Waals surface area contributed by atoms with Crippen molar-refractivity contribution < 1.29 is 4.79 Å². The van der Waals surface area contributed by atoms with Gasteiger partial charge in [0.05, 0.1) is 17.5 Å². The van der Waals surface area contributed by atoms with Crippen LogP contribution in [0.3, 0.4) is 0 Å². The highest BCUT2D eigenvalue weighted by Gasteiger charge is 2.21. The Morgan fingerprint density at radius 1 is 1.38 bits per heavy atom. The molecule has 1 heterocycles. The first-order valence-electron chi connectivity index (χ1n) is 8.39. The molecule has 0 bridgehead atoms. The van der Waals surface area contributed by atoms with Gasteiger partial charge >= 0.3 is 0 Å². The summed E-state index contributed by atoms with van der Waals surface area (Å²) in [5.41, 5.74) is 2.33. The highest BCUT2D eigenvalue weighted by atomic mass is 32.2. The summed E-state index contributed by atoms with van der Waals surface area (Å²) in [7, 11) is 0. The molecule has 128 valence electrons. The molecular formula is C17H23N5OS. The fraction of sp³-hybridized carbons (Fsp3) is 0.529. The predicted octanol–water partition coefficient (Wildman–Crippen LogP) is 2.65. The van der Waals surface area contributed by atoms with Gasteiger partial charge in [-0.3, -0.25) is 4.79 Å². The predicted molar refractivity (Wildman–Crippen MR) is 94.5 cm³/mol. The Balaban J connectivity index is 1.41. The largest absolute Gasteiger partial charge is 0.351 e. The lowest BCUT2D eigenvalue weighted by molar-refractivity contribution is -0.118. The first kappa shape index (κ1) is 17.0. The van der Waals surface area contributed by atoms with E-state index >= 15 is 0 Å². The molecule has 0 saturated heterocycles. The van der Waals surface area contributed by atoms with Crippen molar-refractivity contribution in [2.24, 2.45) is 0 Å². The molecule has 0 spiro atoms. The molecule has 1 amide bonds. The molecule has 0 radical (unpaired) electrons. The van der Waals surface area contributed by atoms with E-state index in [-0.39, 0.29) is 5.91 Å². The molecule has 0 atom stereocenters. The normalized spacial score (nSPS) is 14.9. The van der Waals surface area contributed by atoms with E-state index in [9.17, 15) is 4.79 Å². The number of tetrazole rings is 1. The van der Waals surface area contributed by atoms with Crippen LogP contribution >= 0.6 is 11.8 Å². The molecule has 1 aliphatic rings. The second-order valence-corrected chi connectivity index (χ2v) is 7.22. The fourth-order valence-electron chi connectivity index (χ4n) is 3.05. The maximum Gasteiger partial charge on any atom is 0.230 e. The quantitative estimate of drug-likeness (QED) is 0.835. The summed E-state index contributed by atoms with van der Waals surface area (Å²) in [6.45, 7) is 2.62. The van der Waals surface area contributed by atoms with Crippen LogP contribution < -0.4 is 5.32 Å². The number of nitrogens with zero attached hydrogens (tertiary/aromatic N) is 4. The molecule has 24 heavy (non-hydrogen) atoms. The van der Waals surface area contributed by atoms with Crippen molar-refractivity contribution in [2.45, 2.75) is 50.9 Å². The van der Waals surface area contributed by atoms with Gasteiger partial charge in [-0.1, -0.05) is 42.7 Å². The van der Waals surface area contributed by atoms with Crippen LogP contribution in [0, 0.1) is 6.92 Å². The zero-order valence-corrected chi connectivity index (χ0v) is 14.8. The number of carbonyl (C=O) groups is 1. The number of thioether (sulfide) groups is 1. The summed E-state index contributed by atoms with van der Waals surface area (Å²) in [6, 6.07) is 8.61. The molecule has 0 unspecified atom stereocenters. The zero-order valence-electron chi connectivity index (χ0n) is 13.9. The lowest BCUT2D eigenvalue weighted by atomic mass is 10.1. The van der Waals surface area contributed by atoms with Gasteiger partial charge < -0.3 is 5.32 Å². The first-order valence-corrected chi connectivity index (χ1v) is 9.54. The molecule has 1 aromatic carbocycles. The lowest BCUT2D eigenvalue weighted by Gasteiger charge is -2.11. The van der Waals surface area contributed by atoms with Crippen molar-refractivity contribution in [3.63, 3.8) is 0 Å². The topological polar surface area (TPSA) is 72.7 Å². The molecule has 2 aromatic rings. The van der Waals surface area contributed by atoms with Gasteiger partial charge in [-0.2, -0.15) is 0 Å². The van der Waals surface area contributed by atoms with Crippen LogP contribution in [0.15, 0.2) is 24.3 Å². The highest BCUT2D eigenvalue weighted by molar-refractivity contribution is 7.99. The van der Waals surface area contributed by atoms with Gasteiger partial charge in [0, 0.05) is 6.54 Å². The number of aromatic nitrogens is 4. The Kier molecular flexibility index (Phi) is 5.85. The Labute approximate surface area is 146 Å². The minimum Gasteiger partial charge on any atom is -0.351 e. The molecule has 1 aromatic heterocycles. The average Bonchev–Trinajstić information content (AvgIpc) is 3.24. The van der Waals surface area contributed by atoms with E-state index in [0.29, 0.717) is 24.1 Å². The van der Waals surface area contributed by atoms with Crippen molar-refractivity contribution in [1.82, 2.24) is 25.5 Å². The van der Waals surface area contributed by atoms with Crippen molar-refractivity contribution in [2.75, 3.05) is 5.75 Å². The minimum atomic E-state index is 0.0430. The number of hydrogen-bond donors (Lipinski definition) is 1. The van der Waals surface area contributed by atoms with Crippen molar-refractivity contribution in [3.8, 4) is 0 Å². The molecule has 1 N–H and O–H groups in total. The summed E-state index contributed by atoms with van der Waals surface area (Å²) in [4.78, 5) is 12.0. The standard InChI is InChI=1S/C17H23N5OS/c1-13-5-4-6-14(9-13)10-18-17(23)12-24-11-16-19-20-21-22(16)15-7-2-3-8-15/h4-6,9,15H,2-3,7-8,10-12H2,1H3,(H,18,23). The maximum absolute atomic E-state index is 12.0. The third-order valence-corrected chi connectivity index (χ3v) is 5.20. The van der Waals surface area contributed by atoms with Crippen molar-refractivity contribution in [1.29, 1.82) is 0 Å². The van der Waals surface area contributed by atoms with Crippen molar-refractivity contribution >= 4 is 17.7 Å². The smallest absolute Gasteiger partial charge is 0.230 e. The van der Waals surface area contributed by atoms with E-state index < -0.39 is 0 Å². The molecule has 3 rings (SSSR count). The van der Waals surface area contributed by atoms with E-state index in [0.717, 1.165) is 24.2 Å². The van der Waals surface area contributed by atoms with Gasteiger partial charge in [0.1, 0.15) is 0 Å². The number of rotatable bonds is 7. The second kappa shape index (κ2) is 8.28. The number of amides is 1. The summed E-state index contributed by atoms with van der Waals surface area (Å²) < 4.78 is 1.95. The Morgan fingerprint density at radius 2 is 2.21 bits per heavy atom. The summed E-state index contributed by atoms with van der Waals surface area (Å²) >= 11 is 1.55. The Bertz CT molecular complexity index is 681. The molecule has 0 aliphatic heterocycles. The second-order valence-electron chi connectivity index (χ2n) is 6.24. The summed E-state index contributed by atoms with van der Waals surface area (Å²) in [5, 5.41) is 15.0. The lowest BCUT2D eigenvalue weighted by Crippen LogP contribution is -2.24. The number of carbonyl (C=O) groups excluding carboxylic acids is 1. The molecular weight excluding hydrogens is 322 g/mol. The monoisotopic (exact) mass is 345 g/mol. The van der Waals surface area contributed by atoms with Crippen LogP contribution in [0.25, 0.3) is 0 Å². The molecule has 6 nitrogen and oxygen atoms in total. The average molecular weight is 345 g/mol. The van der Waals surface area contributed by atoms with Gasteiger partial charge in [-0.15, -0.1) is 16.9 Å². The Morgan fingerprint density at radius 3 is 3.00 bits per heavy atom. The van der Waals surface area contributed by atoms with E-state index in [1.807, 2.05) is 16.8 Å². The summed E-state index contributed by atoms with van der Waals surface area (Å²) in [5.74, 6) is 2.00. The van der Waals surface area contributed by atoms with Crippen LogP contribution in [-0.4, -0.2) is 31.9 Å². The Hall–Kier alpha value is -1.89. The summed E-state index contributed by atoms with van der Waals surface area (Å²) in [6.07, 6.45) is 4.80. The van der Waals surface area contributed by atoms with E-state index in [4.69, 9.17) is 0 Å². The van der Waals surface area contributed by atoms with Crippen LogP contribution in [0.1, 0.15) is 48.7 Å². The van der Waals surface area contributed by atoms with Crippen LogP contribution in [0.5, 0.6) is 0 Å². The van der Waals surface area contributed by atoms with Gasteiger partial charge in [0.15, 0.2) is 5.82 Å². The van der Waals surface area contributed by atoms with E-state index in [1.54, 1.807) is 11.8 Å². The minimum absolute atomic E-state index is 0.0430. The number of aryl methyl sites for hydroxylation is 1. The SMILES string of the molecule is Cc1cccc(CNC(=O)CSCc2nnnn2C2CCCC2)c1. The van der Waals surface area contributed by atoms with Crippen LogP contribution in [-0.2, 0) is 17.1 Å². The highest BCUT2D eigenvalue weighted by Crippen LogP contribution is 2.29. The fourth-order valence-corrected chi connectivity index (χ4v) is 3.81. The van der Waals surface area contributed by atoms with Gasteiger partial charge in [0.2, 0.25) is 5.91 Å². The third kappa shape index (κ3) is 4.56. The molecule has 1 aliphatic carbocycles. The zero-order chi connectivity index (χ0) is 16.8. The van der Waals surface area contributed by atoms with Crippen LogP contribution in [0.2, 0.25) is 0 Å². The van der Waals surface area contributed by atoms with E-state index in [1.165, 1.54) is 18.4 Å². The number of hydrogen-bond acceptors (Lipinski definition) is 5. The third-order valence-electron chi connectivity index (χ3n) is 4.27.